The number of hydrogen-bond donors (Lipinski definition) is 1. The molecular formula is C39H54N2O19. The molecule has 0 aliphatic carbocycles. The molecule has 0 unspecified atom stereocenters. The van der Waals surface area contributed by atoms with E-state index in [1.807, 2.05) is 0 Å². The van der Waals surface area contributed by atoms with E-state index in [0.717, 1.165) is 85.8 Å². The number of esters is 6. The van der Waals surface area contributed by atoms with Gasteiger partial charge in [-0.3, -0.25) is 43.7 Å². The van der Waals surface area contributed by atoms with Crippen molar-refractivity contribution in [1.29, 1.82) is 0 Å². The molecule has 60 heavy (non-hydrogen) atoms. The van der Waals surface area contributed by atoms with E-state index in [0.29, 0.717) is 6.42 Å². The summed E-state index contributed by atoms with van der Waals surface area (Å²) in [4.78, 5) is 98.3. The van der Waals surface area contributed by atoms with Crippen molar-refractivity contribution >= 4 is 47.4 Å². The Hall–Kier alpha value is -5.25. The van der Waals surface area contributed by atoms with Crippen LogP contribution < -0.4 is 5.32 Å². The van der Waals surface area contributed by atoms with Crippen LogP contribution in [0.3, 0.4) is 0 Å². The van der Waals surface area contributed by atoms with Gasteiger partial charge >= 0.3 is 35.8 Å². The van der Waals surface area contributed by atoms with Gasteiger partial charge in [0, 0.05) is 65.8 Å². The molecule has 1 amide bonds. The fraction of sp³-hybridized carbons (Fsp3) is 0.667. The summed E-state index contributed by atoms with van der Waals surface area (Å²) in [7, 11) is 0. The van der Waals surface area contributed by atoms with Crippen LogP contribution in [0.25, 0.3) is 0 Å². The van der Waals surface area contributed by atoms with Crippen LogP contribution in [-0.4, -0.2) is 128 Å². The van der Waals surface area contributed by atoms with E-state index >= 15 is 0 Å². The number of unbranched alkanes of at least 4 members (excludes halogenated alkanes) is 5. The van der Waals surface area contributed by atoms with Crippen molar-refractivity contribution in [3.8, 4) is 0 Å². The molecule has 0 radical (unpaired) electrons. The van der Waals surface area contributed by atoms with Gasteiger partial charge in [0.1, 0.15) is 24.9 Å². The molecule has 0 aromatic heterocycles. The van der Waals surface area contributed by atoms with Crippen LogP contribution in [0.5, 0.6) is 0 Å². The van der Waals surface area contributed by atoms with Crippen LogP contribution in [0.2, 0.25) is 0 Å². The average molecular weight is 855 g/mol. The molecule has 2 saturated heterocycles. The summed E-state index contributed by atoms with van der Waals surface area (Å²) in [6.45, 7) is 7.57. The van der Waals surface area contributed by atoms with Crippen LogP contribution in [0.15, 0.2) is 24.3 Å². The van der Waals surface area contributed by atoms with Crippen molar-refractivity contribution in [2.45, 2.75) is 148 Å². The number of non-ortho nitro benzene ring substituents is 1. The van der Waals surface area contributed by atoms with Crippen molar-refractivity contribution in [2.24, 2.45) is 0 Å². The van der Waals surface area contributed by atoms with E-state index in [2.05, 4.69) is 12.2 Å². The second-order valence-corrected chi connectivity index (χ2v) is 14.0. The normalized spacial score (nSPS) is 26.1. The Labute approximate surface area is 346 Å². The smallest absolute Gasteiger partial charge is 0.303 e. The number of carbonyl (C=O) groups excluding carboxylic acids is 7. The molecule has 0 bridgehead atoms. The Morgan fingerprint density at radius 3 is 1.63 bits per heavy atom. The first-order chi connectivity index (χ1) is 28.4. The molecule has 2 aliphatic heterocycles. The number of amides is 1. The van der Waals surface area contributed by atoms with Gasteiger partial charge in [0.05, 0.1) is 11.5 Å². The number of rotatable bonds is 21. The second-order valence-electron chi connectivity index (χ2n) is 14.0. The largest absolute Gasteiger partial charge is 0.463 e. The molecule has 1 aromatic carbocycles. The molecule has 21 nitrogen and oxygen atoms in total. The maximum Gasteiger partial charge on any atom is 0.303 e. The molecule has 10 atom stereocenters. The van der Waals surface area contributed by atoms with Gasteiger partial charge < -0.3 is 52.7 Å². The maximum atomic E-state index is 13.7. The Morgan fingerprint density at radius 1 is 0.600 bits per heavy atom. The number of carbonyl (C=O) groups is 7. The second kappa shape index (κ2) is 24.1. The lowest BCUT2D eigenvalue weighted by Crippen LogP contribution is -2.67. The van der Waals surface area contributed by atoms with E-state index in [1.165, 1.54) is 12.1 Å². The number of nitro benzene ring substituents is 1. The first kappa shape index (κ1) is 49.1. The standard InChI is InChI=1S/C39H54N2O19/c1-8-9-10-11-12-13-18-51-39-36(58-26(7)47)35(57-25(6)46)33(55-23(4)44)30(60-39)20-53-38-31(40-37(48)27-14-16-28(17-15-27)41(49)50)34(56-24(5)45)32(54-22(3)43)29(59-38)19-52-21(2)42/h14-17,29-36,38-39H,8-13,18-20H2,1-7H3,(H,40,48)/t29-,30-,31-,32-,33+,34-,35+,36-,38-,39-/m1/s1. The third-order valence-electron chi connectivity index (χ3n) is 9.04. The zero-order valence-corrected chi connectivity index (χ0v) is 34.7. The number of ether oxygens (including phenoxy) is 10. The number of benzene rings is 1. The lowest BCUT2D eigenvalue weighted by molar-refractivity contribution is -0.384. The summed E-state index contributed by atoms with van der Waals surface area (Å²) in [5, 5.41) is 13.9. The molecule has 1 aromatic rings. The zero-order valence-electron chi connectivity index (χ0n) is 34.7. The average Bonchev–Trinajstić information content (AvgIpc) is 3.16. The number of nitrogens with one attached hydrogen (secondary N) is 1. The Bertz CT molecular complexity index is 1650. The van der Waals surface area contributed by atoms with Crippen LogP contribution in [-0.2, 0) is 76.1 Å². The van der Waals surface area contributed by atoms with Gasteiger partial charge in [-0.15, -0.1) is 0 Å². The first-order valence-corrected chi connectivity index (χ1v) is 19.5. The predicted octanol–water partition coefficient (Wildman–Crippen LogP) is 2.76. The van der Waals surface area contributed by atoms with Crippen LogP contribution in [0, 0.1) is 10.1 Å². The quantitative estimate of drug-likeness (QED) is 0.0612. The van der Waals surface area contributed by atoms with Crippen molar-refractivity contribution in [3.05, 3.63) is 39.9 Å². The molecule has 1 N–H and O–H groups in total. The summed E-state index contributed by atoms with van der Waals surface area (Å²) in [5.74, 6) is -5.83. The SMILES string of the molecule is CCCCCCCCO[C@@H]1O[C@H](CO[C@@H]2O[C@H](COC(C)=O)[C@@H](OC(C)=O)[C@H](OC(C)=O)[C@H]2NC(=O)c2ccc([N+](=O)[O-])cc2)[C@H](OC(C)=O)[C@H](OC(C)=O)[C@H]1OC(C)=O. The molecular weight excluding hydrogens is 800 g/mol. The van der Waals surface area contributed by atoms with E-state index < -0.39 is 121 Å². The Kier molecular flexibility index (Phi) is 19.7. The van der Waals surface area contributed by atoms with Crippen molar-refractivity contribution < 1.29 is 85.9 Å². The lowest BCUT2D eigenvalue weighted by atomic mass is 9.95. The molecule has 21 heteroatoms. The van der Waals surface area contributed by atoms with Crippen LogP contribution >= 0.6 is 0 Å². The molecule has 0 saturated carbocycles. The maximum absolute atomic E-state index is 13.7. The van der Waals surface area contributed by atoms with Crippen LogP contribution in [0.1, 0.15) is 97.3 Å². The number of nitrogens with zero attached hydrogens (tertiary/aromatic N) is 1. The Morgan fingerprint density at radius 2 is 1.08 bits per heavy atom. The predicted molar refractivity (Wildman–Crippen MR) is 201 cm³/mol. The van der Waals surface area contributed by atoms with Crippen molar-refractivity contribution in [3.63, 3.8) is 0 Å². The van der Waals surface area contributed by atoms with E-state index in [9.17, 15) is 43.7 Å². The summed E-state index contributed by atoms with van der Waals surface area (Å²) in [6, 6.07) is 2.97. The fourth-order valence-corrected chi connectivity index (χ4v) is 6.56. The molecule has 0 spiro atoms. The topological polar surface area (TPSA) is 267 Å². The highest BCUT2D eigenvalue weighted by Crippen LogP contribution is 2.33. The van der Waals surface area contributed by atoms with Gasteiger partial charge in [0.2, 0.25) is 0 Å². The van der Waals surface area contributed by atoms with Gasteiger partial charge in [-0.1, -0.05) is 39.0 Å². The molecule has 334 valence electrons. The highest BCUT2D eigenvalue weighted by Gasteiger charge is 2.55. The highest BCUT2D eigenvalue weighted by atomic mass is 16.8. The summed E-state index contributed by atoms with van der Waals surface area (Å²) < 4.78 is 57.6. The highest BCUT2D eigenvalue weighted by molar-refractivity contribution is 5.94. The monoisotopic (exact) mass is 854 g/mol. The van der Waals surface area contributed by atoms with Crippen molar-refractivity contribution in [1.82, 2.24) is 5.32 Å². The first-order valence-electron chi connectivity index (χ1n) is 19.5. The summed E-state index contributed by atoms with van der Waals surface area (Å²) in [6.07, 6.45) is -7.79. The Balaban J connectivity index is 2.07. The minimum absolute atomic E-state index is 0.0800. The van der Waals surface area contributed by atoms with Gasteiger partial charge in [-0.25, -0.2) is 0 Å². The van der Waals surface area contributed by atoms with Gasteiger partial charge in [0.15, 0.2) is 43.1 Å². The third kappa shape index (κ3) is 15.4. The van der Waals surface area contributed by atoms with Gasteiger partial charge in [-0.2, -0.15) is 0 Å². The summed E-state index contributed by atoms with van der Waals surface area (Å²) in [5.41, 5.74) is -0.384. The lowest BCUT2D eigenvalue weighted by Gasteiger charge is -2.46. The van der Waals surface area contributed by atoms with Gasteiger partial charge in [0.25, 0.3) is 11.6 Å². The van der Waals surface area contributed by atoms with Crippen molar-refractivity contribution in [2.75, 3.05) is 19.8 Å². The van der Waals surface area contributed by atoms with Crippen LogP contribution in [0.4, 0.5) is 5.69 Å². The fourth-order valence-electron chi connectivity index (χ4n) is 6.56. The number of hydrogen-bond acceptors (Lipinski definition) is 19. The zero-order chi connectivity index (χ0) is 44.5. The molecule has 2 aliphatic rings. The van der Waals surface area contributed by atoms with E-state index in [1.54, 1.807) is 0 Å². The molecule has 2 fully saturated rings. The molecule has 2 heterocycles. The van der Waals surface area contributed by atoms with Gasteiger partial charge in [-0.05, 0) is 18.6 Å². The third-order valence-corrected chi connectivity index (χ3v) is 9.04. The van der Waals surface area contributed by atoms with E-state index in [-0.39, 0.29) is 17.9 Å². The van der Waals surface area contributed by atoms with E-state index in [4.69, 9.17) is 47.4 Å². The summed E-state index contributed by atoms with van der Waals surface area (Å²) >= 11 is 0. The minimum atomic E-state index is -1.67. The minimum Gasteiger partial charge on any atom is -0.463 e. The molecule has 3 rings (SSSR count). The number of nitro groups is 1.